The highest BCUT2D eigenvalue weighted by Crippen LogP contribution is 2.31. The van der Waals surface area contributed by atoms with Crippen molar-refractivity contribution in [1.29, 1.82) is 0 Å². The van der Waals surface area contributed by atoms with Crippen molar-refractivity contribution in [2.24, 2.45) is 0 Å². The molecule has 4 aromatic rings. The molecule has 0 fully saturated rings. The van der Waals surface area contributed by atoms with Crippen LogP contribution in [0.4, 0.5) is 23.4 Å². The van der Waals surface area contributed by atoms with Gasteiger partial charge in [0.15, 0.2) is 6.67 Å². The quantitative estimate of drug-likeness (QED) is 0.400. The number of nitrogens with zero attached hydrogens (tertiary/aromatic N) is 2. The van der Waals surface area contributed by atoms with Crippen molar-refractivity contribution in [3.63, 3.8) is 0 Å². The molecule has 0 unspecified atom stereocenters. The van der Waals surface area contributed by atoms with Crippen LogP contribution in [0.15, 0.2) is 61.1 Å². The molecule has 0 radical (unpaired) electrons. The second-order valence-electron chi connectivity index (χ2n) is 6.94. The van der Waals surface area contributed by atoms with Gasteiger partial charge in [-0.1, -0.05) is 30.3 Å². The molecule has 0 aliphatic heterocycles. The maximum Gasteiger partial charge on any atom is 0.301 e. The SMILES string of the molecule is FCC(F)(F)c1ccccc1CNc1ccc(Cc2c[nH]c3ncc(F)cc23)cn1. The van der Waals surface area contributed by atoms with Gasteiger partial charge in [-0.2, -0.15) is 8.78 Å². The van der Waals surface area contributed by atoms with E-state index in [2.05, 4.69) is 20.3 Å². The number of anilines is 1. The van der Waals surface area contributed by atoms with Gasteiger partial charge in [-0.25, -0.2) is 18.7 Å². The summed E-state index contributed by atoms with van der Waals surface area (Å²) in [6.07, 6.45) is 5.14. The summed E-state index contributed by atoms with van der Waals surface area (Å²) in [6, 6.07) is 10.9. The first-order valence-electron chi connectivity index (χ1n) is 9.29. The average molecular weight is 414 g/mol. The fourth-order valence-corrected chi connectivity index (χ4v) is 3.32. The first-order valence-corrected chi connectivity index (χ1v) is 9.29. The Bertz CT molecular complexity index is 1160. The number of rotatable bonds is 7. The number of aromatic nitrogens is 3. The Labute approximate surface area is 170 Å². The number of aromatic amines is 1. The van der Waals surface area contributed by atoms with E-state index in [1.165, 1.54) is 24.3 Å². The molecule has 0 aliphatic rings. The first-order chi connectivity index (χ1) is 14.5. The Morgan fingerprint density at radius 3 is 2.60 bits per heavy atom. The smallest absolute Gasteiger partial charge is 0.301 e. The van der Waals surface area contributed by atoms with Gasteiger partial charge in [-0.15, -0.1) is 0 Å². The van der Waals surface area contributed by atoms with Crippen molar-refractivity contribution in [2.75, 3.05) is 12.0 Å². The van der Waals surface area contributed by atoms with E-state index in [1.54, 1.807) is 24.5 Å². The molecule has 4 rings (SSSR count). The normalized spacial score (nSPS) is 11.7. The Kier molecular flexibility index (Phi) is 5.39. The Morgan fingerprint density at radius 2 is 1.83 bits per heavy atom. The third-order valence-electron chi connectivity index (χ3n) is 4.84. The number of alkyl halides is 3. The second-order valence-corrected chi connectivity index (χ2v) is 6.94. The minimum absolute atomic E-state index is 0.0888. The molecule has 3 heterocycles. The maximum absolute atomic E-state index is 13.8. The van der Waals surface area contributed by atoms with Crippen LogP contribution < -0.4 is 5.32 Å². The Balaban J connectivity index is 1.45. The van der Waals surface area contributed by atoms with Gasteiger partial charge in [0.2, 0.25) is 0 Å². The zero-order chi connectivity index (χ0) is 21.1. The summed E-state index contributed by atoms with van der Waals surface area (Å²) in [7, 11) is 0. The number of H-pyrrole nitrogens is 1. The summed E-state index contributed by atoms with van der Waals surface area (Å²) >= 11 is 0. The van der Waals surface area contributed by atoms with E-state index in [4.69, 9.17) is 0 Å². The van der Waals surface area contributed by atoms with Gasteiger partial charge in [0.05, 0.1) is 6.20 Å². The highest BCUT2D eigenvalue weighted by Gasteiger charge is 2.33. The monoisotopic (exact) mass is 414 g/mol. The number of hydrogen-bond acceptors (Lipinski definition) is 3. The van der Waals surface area contributed by atoms with Crippen molar-refractivity contribution in [2.45, 2.75) is 18.9 Å². The molecular weight excluding hydrogens is 396 g/mol. The predicted octanol–water partition coefficient (Wildman–Crippen LogP) is 5.36. The van der Waals surface area contributed by atoms with Crippen LogP contribution in [0, 0.1) is 5.82 Å². The molecule has 0 spiro atoms. The van der Waals surface area contributed by atoms with Gasteiger partial charge < -0.3 is 10.3 Å². The summed E-state index contributed by atoms with van der Waals surface area (Å²) in [5, 5.41) is 3.70. The standard InChI is InChI=1S/C22H18F4N4/c23-13-22(25,26)19-4-2-1-3-15(19)10-28-20-6-5-14(9-27-20)7-16-11-29-21-18(16)8-17(24)12-30-21/h1-6,8-9,11-12H,7,10,13H2,(H,27,28)(H,29,30). The largest absolute Gasteiger partial charge is 0.366 e. The fraction of sp³-hybridized carbons (Fsp3) is 0.182. The maximum atomic E-state index is 13.8. The molecule has 30 heavy (non-hydrogen) atoms. The van der Waals surface area contributed by atoms with Gasteiger partial charge in [0.1, 0.15) is 17.3 Å². The summed E-state index contributed by atoms with van der Waals surface area (Å²) in [5.74, 6) is -3.42. The van der Waals surface area contributed by atoms with E-state index in [9.17, 15) is 17.6 Å². The minimum Gasteiger partial charge on any atom is -0.366 e. The Hall–Kier alpha value is -3.42. The number of hydrogen-bond donors (Lipinski definition) is 2. The molecule has 8 heteroatoms. The van der Waals surface area contributed by atoms with Crippen LogP contribution in [-0.2, 0) is 18.9 Å². The van der Waals surface area contributed by atoms with Crippen molar-refractivity contribution in [1.82, 2.24) is 15.0 Å². The van der Waals surface area contributed by atoms with Crippen LogP contribution in [0.25, 0.3) is 11.0 Å². The highest BCUT2D eigenvalue weighted by molar-refractivity contribution is 5.80. The van der Waals surface area contributed by atoms with Crippen LogP contribution in [0.5, 0.6) is 0 Å². The molecular formula is C22H18F4N4. The van der Waals surface area contributed by atoms with E-state index in [0.717, 1.165) is 17.3 Å². The third-order valence-corrected chi connectivity index (χ3v) is 4.84. The molecule has 4 nitrogen and oxygen atoms in total. The molecule has 0 saturated carbocycles. The Morgan fingerprint density at radius 1 is 1.00 bits per heavy atom. The van der Waals surface area contributed by atoms with E-state index >= 15 is 0 Å². The molecule has 0 bridgehead atoms. The lowest BCUT2D eigenvalue weighted by Crippen LogP contribution is -2.19. The topological polar surface area (TPSA) is 53.6 Å². The van der Waals surface area contributed by atoms with Crippen LogP contribution in [-0.4, -0.2) is 21.6 Å². The summed E-state index contributed by atoms with van der Waals surface area (Å²) in [6.45, 7) is -1.66. The van der Waals surface area contributed by atoms with Crippen LogP contribution in [0.2, 0.25) is 0 Å². The molecule has 0 saturated heterocycles. The van der Waals surface area contributed by atoms with Crippen molar-refractivity contribution < 1.29 is 17.6 Å². The van der Waals surface area contributed by atoms with E-state index in [-0.39, 0.29) is 12.1 Å². The van der Waals surface area contributed by atoms with Gasteiger partial charge in [0.25, 0.3) is 0 Å². The number of halogens is 4. The molecule has 0 amide bonds. The lowest BCUT2D eigenvalue weighted by Gasteiger charge is -2.17. The molecule has 154 valence electrons. The van der Waals surface area contributed by atoms with E-state index in [1.807, 2.05) is 6.07 Å². The molecule has 3 aromatic heterocycles. The number of pyridine rings is 2. The van der Waals surface area contributed by atoms with E-state index < -0.39 is 18.4 Å². The highest BCUT2D eigenvalue weighted by atomic mass is 19.3. The van der Waals surface area contributed by atoms with Crippen molar-refractivity contribution in [3.8, 4) is 0 Å². The summed E-state index contributed by atoms with van der Waals surface area (Å²) < 4.78 is 53.8. The van der Waals surface area contributed by atoms with Gasteiger partial charge in [0, 0.05) is 36.3 Å². The lowest BCUT2D eigenvalue weighted by atomic mass is 10.0. The first kappa shape index (κ1) is 19.9. The van der Waals surface area contributed by atoms with Crippen LogP contribution in [0.1, 0.15) is 22.3 Å². The zero-order valence-corrected chi connectivity index (χ0v) is 15.8. The van der Waals surface area contributed by atoms with Crippen LogP contribution in [0.3, 0.4) is 0 Å². The molecule has 1 aromatic carbocycles. The molecule has 2 N–H and O–H groups in total. The third kappa shape index (κ3) is 4.12. The van der Waals surface area contributed by atoms with Gasteiger partial charge in [-0.3, -0.25) is 0 Å². The number of fused-ring (bicyclic) bond motifs is 1. The number of benzene rings is 1. The summed E-state index contributed by atoms with van der Waals surface area (Å²) in [5.41, 5.74) is 2.37. The van der Waals surface area contributed by atoms with E-state index in [0.29, 0.717) is 28.8 Å². The van der Waals surface area contributed by atoms with Crippen molar-refractivity contribution >= 4 is 16.9 Å². The minimum atomic E-state index is -3.52. The molecule has 0 aliphatic carbocycles. The van der Waals surface area contributed by atoms with Crippen LogP contribution >= 0.6 is 0 Å². The predicted molar refractivity (Wildman–Crippen MR) is 107 cm³/mol. The average Bonchev–Trinajstić information content (AvgIpc) is 3.15. The zero-order valence-electron chi connectivity index (χ0n) is 15.8. The van der Waals surface area contributed by atoms with Crippen molar-refractivity contribution in [3.05, 3.63) is 89.1 Å². The van der Waals surface area contributed by atoms with Gasteiger partial charge in [-0.05, 0) is 28.8 Å². The fourth-order valence-electron chi connectivity index (χ4n) is 3.32. The summed E-state index contributed by atoms with van der Waals surface area (Å²) in [4.78, 5) is 11.3. The second kappa shape index (κ2) is 8.14. The van der Waals surface area contributed by atoms with Gasteiger partial charge >= 0.3 is 5.92 Å². The lowest BCUT2D eigenvalue weighted by molar-refractivity contribution is -0.0288. The number of nitrogens with one attached hydrogen (secondary N) is 2. The molecule has 0 atom stereocenters.